The van der Waals surface area contributed by atoms with Gasteiger partial charge in [0, 0.05) is 77.2 Å². The van der Waals surface area contributed by atoms with Crippen LogP contribution in [-0.2, 0) is 0 Å². The van der Waals surface area contributed by atoms with Crippen LogP contribution >= 0.6 is 11.3 Å². The van der Waals surface area contributed by atoms with E-state index in [1.165, 1.54) is 86.1 Å². The molecule has 62 heavy (non-hydrogen) atoms. The van der Waals surface area contributed by atoms with Crippen molar-refractivity contribution in [1.82, 2.24) is 9.13 Å². The first-order valence-corrected chi connectivity index (χ1v) is 22.1. The third-order valence-corrected chi connectivity index (χ3v) is 14.7. The number of hydrogen-bond donors (Lipinski definition) is 0. The van der Waals surface area contributed by atoms with E-state index in [4.69, 9.17) is 4.99 Å². The van der Waals surface area contributed by atoms with Gasteiger partial charge in [-0.3, -0.25) is 0 Å². The Hall–Kier alpha value is -7.73. The van der Waals surface area contributed by atoms with E-state index in [-0.39, 0.29) is 6.29 Å². The fraction of sp³-hybridized carbons (Fsp3) is 0.0351. The molecule has 1 aliphatic heterocycles. The Labute approximate surface area is 361 Å². The van der Waals surface area contributed by atoms with Gasteiger partial charge in [0.1, 0.15) is 0 Å². The van der Waals surface area contributed by atoms with Gasteiger partial charge in [0.15, 0.2) is 0 Å². The molecular weight excluding hydrogens is 773 g/mol. The SMILES string of the molecule is CN1c2ccccc2C(c2ccc(-n3c4ccccc4c4ccccc43)cc2)=NC1n1c2ccccc2c2cc(-c3ccc4sc5c(c4c3)-c3cccc4cccc-5c34)ccc21. The molecule has 4 heterocycles. The van der Waals surface area contributed by atoms with Crippen LogP contribution in [0, 0.1) is 0 Å². The monoisotopic (exact) mass is 808 g/mol. The molecule has 0 N–H and O–H groups in total. The number of fused-ring (bicyclic) bond motifs is 12. The van der Waals surface area contributed by atoms with Gasteiger partial charge in [-0.05, 0) is 88.1 Å². The molecule has 290 valence electrons. The Morgan fingerprint density at radius 2 is 1.05 bits per heavy atom. The topological polar surface area (TPSA) is 25.5 Å². The minimum atomic E-state index is -0.306. The Balaban J connectivity index is 0.900. The lowest BCUT2D eigenvalue weighted by Gasteiger charge is -2.35. The second-order valence-corrected chi connectivity index (χ2v) is 17.8. The second kappa shape index (κ2) is 12.6. The Kier molecular flexibility index (Phi) is 6.94. The highest BCUT2D eigenvalue weighted by Crippen LogP contribution is 2.55. The van der Waals surface area contributed by atoms with Gasteiger partial charge in [0.05, 0.1) is 27.8 Å². The molecular formula is C57H36N4S. The molecule has 1 unspecified atom stereocenters. The third-order valence-electron chi connectivity index (χ3n) is 13.5. The summed E-state index contributed by atoms with van der Waals surface area (Å²) in [5, 5.41) is 9.01. The normalized spacial score (nSPS) is 14.4. The molecule has 0 saturated carbocycles. The van der Waals surface area contributed by atoms with Gasteiger partial charge in [-0.15, -0.1) is 11.3 Å². The van der Waals surface area contributed by atoms with Crippen molar-refractivity contribution < 1.29 is 0 Å². The highest BCUT2D eigenvalue weighted by atomic mass is 32.1. The fourth-order valence-electron chi connectivity index (χ4n) is 10.7. The minimum Gasteiger partial charge on any atom is -0.335 e. The van der Waals surface area contributed by atoms with E-state index >= 15 is 0 Å². The standard InChI is InChI=1S/C57H36N4S/c1-59-47-20-6-5-17-42(47)55(35-24-28-38(29-25-35)60-48-21-7-2-14-39(48)40-15-3-8-22-49(40)60)58-57(59)61-50-23-9-4-16-41(50)45-32-36(26-30-51(45)61)37-27-31-52-46(33-37)54-43-18-10-12-34-13-11-19-44(53(34)43)56(54)62-52/h2-33,57H,1H3. The molecule has 9 aromatic carbocycles. The van der Waals surface area contributed by atoms with Crippen LogP contribution in [0.2, 0.25) is 0 Å². The Morgan fingerprint density at radius 1 is 0.468 bits per heavy atom. The maximum Gasteiger partial charge on any atom is 0.203 e. The second-order valence-electron chi connectivity index (χ2n) is 16.7. The largest absolute Gasteiger partial charge is 0.335 e. The lowest BCUT2D eigenvalue weighted by molar-refractivity contribution is 0.540. The van der Waals surface area contributed by atoms with Crippen molar-refractivity contribution in [1.29, 1.82) is 0 Å². The van der Waals surface area contributed by atoms with Crippen LogP contribution in [0.3, 0.4) is 0 Å². The number of aromatic nitrogens is 2. The molecule has 2 aliphatic rings. The summed E-state index contributed by atoms with van der Waals surface area (Å²) in [6.45, 7) is 0. The van der Waals surface area contributed by atoms with Crippen molar-refractivity contribution >= 4 is 87.2 Å². The zero-order valence-corrected chi connectivity index (χ0v) is 34.6. The average Bonchev–Trinajstić information content (AvgIpc) is 4.06. The highest BCUT2D eigenvalue weighted by molar-refractivity contribution is 7.23. The summed E-state index contributed by atoms with van der Waals surface area (Å²) in [4.78, 5) is 9.40. The van der Waals surface area contributed by atoms with E-state index in [1.807, 2.05) is 11.3 Å². The number of benzene rings is 9. The van der Waals surface area contributed by atoms with Gasteiger partial charge in [-0.25, -0.2) is 4.99 Å². The lowest BCUT2D eigenvalue weighted by atomic mass is 9.98. The molecule has 3 aromatic heterocycles. The molecule has 5 heteroatoms. The average molecular weight is 809 g/mol. The number of aliphatic imine (C=N–C) groups is 1. The maximum atomic E-state index is 5.68. The molecule has 12 aromatic rings. The summed E-state index contributed by atoms with van der Waals surface area (Å²) in [5.41, 5.74) is 16.8. The minimum absolute atomic E-state index is 0.306. The smallest absolute Gasteiger partial charge is 0.203 e. The quantitative estimate of drug-likeness (QED) is 0.174. The van der Waals surface area contributed by atoms with Gasteiger partial charge in [0.2, 0.25) is 6.29 Å². The first-order chi connectivity index (χ1) is 30.7. The van der Waals surface area contributed by atoms with E-state index in [0.717, 1.165) is 39.2 Å². The summed E-state index contributed by atoms with van der Waals surface area (Å²) in [6.07, 6.45) is -0.306. The van der Waals surface area contributed by atoms with Crippen LogP contribution in [0.4, 0.5) is 5.69 Å². The van der Waals surface area contributed by atoms with Crippen LogP contribution in [-0.4, -0.2) is 21.9 Å². The molecule has 0 bridgehead atoms. The van der Waals surface area contributed by atoms with E-state index < -0.39 is 0 Å². The highest BCUT2D eigenvalue weighted by Gasteiger charge is 2.30. The summed E-state index contributed by atoms with van der Waals surface area (Å²) in [5.74, 6) is 0. The number of para-hydroxylation sites is 4. The van der Waals surface area contributed by atoms with Gasteiger partial charge < -0.3 is 14.0 Å². The number of rotatable bonds is 4. The summed E-state index contributed by atoms with van der Waals surface area (Å²) < 4.78 is 6.14. The first kappa shape index (κ1) is 34.0. The first-order valence-electron chi connectivity index (χ1n) is 21.3. The van der Waals surface area contributed by atoms with Gasteiger partial charge in [0.25, 0.3) is 0 Å². The van der Waals surface area contributed by atoms with E-state index in [9.17, 15) is 0 Å². The van der Waals surface area contributed by atoms with E-state index in [1.54, 1.807) is 0 Å². The number of thiophene rings is 1. The van der Waals surface area contributed by atoms with E-state index in [2.05, 4.69) is 215 Å². The van der Waals surface area contributed by atoms with Crippen molar-refractivity contribution in [3.05, 3.63) is 205 Å². The molecule has 14 rings (SSSR count). The molecule has 1 atom stereocenters. The van der Waals surface area contributed by atoms with Gasteiger partial charge >= 0.3 is 0 Å². The van der Waals surface area contributed by atoms with Crippen LogP contribution in [0.5, 0.6) is 0 Å². The fourth-order valence-corrected chi connectivity index (χ4v) is 11.9. The predicted octanol–water partition coefficient (Wildman–Crippen LogP) is 15.0. The van der Waals surface area contributed by atoms with Crippen LogP contribution in [0.25, 0.3) is 103 Å². The van der Waals surface area contributed by atoms with Gasteiger partial charge in [-0.2, -0.15) is 0 Å². The molecule has 0 fully saturated rings. The molecule has 0 amide bonds. The van der Waals surface area contributed by atoms with Crippen LogP contribution in [0.1, 0.15) is 17.4 Å². The molecule has 0 radical (unpaired) electrons. The van der Waals surface area contributed by atoms with Crippen molar-refractivity contribution in [2.24, 2.45) is 4.99 Å². The lowest BCUT2D eigenvalue weighted by Crippen LogP contribution is -2.33. The summed E-state index contributed by atoms with van der Waals surface area (Å²) in [6, 6.07) is 71.4. The van der Waals surface area contributed by atoms with Crippen molar-refractivity contribution in [3.8, 4) is 38.4 Å². The zero-order valence-electron chi connectivity index (χ0n) is 33.7. The maximum absolute atomic E-state index is 5.68. The molecule has 0 spiro atoms. The number of anilines is 1. The summed E-state index contributed by atoms with van der Waals surface area (Å²) in [7, 11) is 2.18. The predicted molar refractivity (Wildman–Crippen MR) is 263 cm³/mol. The number of hydrogen-bond acceptors (Lipinski definition) is 3. The zero-order chi connectivity index (χ0) is 40.6. The Morgan fingerprint density at radius 3 is 1.81 bits per heavy atom. The summed E-state index contributed by atoms with van der Waals surface area (Å²) >= 11 is 1.92. The third kappa shape index (κ3) is 4.63. The van der Waals surface area contributed by atoms with E-state index in [0.29, 0.717) is 0 Å². The van der Waals surface area contributed by atoms with Crippen LogP contribution in [0.15, 0.2) is 199 Å². The number of nitrogens with zero attached hydrogens (tertiary/aromatic N) is 4. The molecule has 0 saturated heterocycles. The molecule has 1 aliphatic carbocycles. The molecule has 4 nitrogen and oxygen atoms in total. The van der Waals surface area contributed by atoms with Gasteiger partial charge in [-0.1, -0.05) is 133 Å². The van der Waals surface area contributed by atoms with Crippen molar-refractivity contribution in [2.45, 2.75) is 6.29 Å². The Bertz CT molecular complexity index is 3840. The van der Waals surface area contributed by atoms with Crippen molar-refractivity contribution in [2.75, 3.05) is 11.9 Å². The van der Waals surface area contributed by atoms with Crippen LogP contribution < -0.4 is 4.90 Å². The van der Waals surface area contributed by atoms with Crippen molar-refractivity contribution in [3.63, 3.8) is 0 Å².